The third-order valence-electron chi connectivity index (χ3n) is 0.796. The molecule has 1 aromatic rings. The van der Waals surface area contributed by atoms with Gasteiger partial charge in [0.25, 0.3) is 0 Å². The summed E-state index contributed by atoms with van der Waals surface area (Å²) in [7, 11) is 0. The van der Waals surface area contributed by atoms with Crippen LogP contribution >= 0.6 is 34.2 Å². The minimum atomic E-state index is 0.974. The second-order valence-electron chi connectivity index (χ2n) is 1.55. The molecule has 48 valence electrons. The van der Waals surface area contributed by atoms with E-state index >= 15 is 0 Å². The number of halogens is 1. The van der Waals surface area contributed by atoms with Crippen molar-refractivity contribution in [3.63, 3.8) is 0 Å². The van der Waals surface area contributed by atoms with Crippen molar-refractivity contribution in [2.24, 2.45) is 3.21 Å². The SMILES string of the molecule is Cc1csc(/C=N/I)n1. The summed E-state index contributed by atoms with van der Waals surface area (Å²) >= 11 is 3.55. The van der Waals surface area contributed by atoms with Crippen molar-refractivity contribution in [3.8, 4) is 0 Å². The quantitative estimate of drug-likeness (QED) is 0.555. The van der Waals surface area contributed by atoms with Crippen LogP contribution in [0.5, 0.6) is 0 Å². The Hall–Kier alpha value is 0.0300. The van der Waals surface area contributed by atoms with Crippen LogP contribution in [0.15, 0.2) is 8.59 Å². The van der Waals surface area contributed by atoms with Gasteiger partial charge in [0, 0.05) is 11.1 Å². The van der Waals surface area contributed by atoms with Crippen LogP contribution in [0.2, 0.25) is 0 Å². The standard InChI is InChI=1S/C5H5IN2S/c1-4-3-9-5(8-4)2-7-6/h2-3H,1H3/b7-2+. The Balaban J connectivity index is 2.85. The highest BCUT2D eigenvalue weighted by Crippen LogP contribution is 2.05. The molecule has 0 bridgehead atoms. The largest absolute Gasteiger partial charge is 0.240 e. The number of nitrogens with zero attached hydrogens (tertiary/aromatic N) is 2. The van der Waals surface area contributed by atoms with Crippen molar-refractivity contribution in [2.45, 2.75) is 6.92 Å². The number of aryl methyl sites for hydroxylation is 1. The topological polar surface area (TPSA) is 25.2 Å². The molecule has 0 aliphatic carbocycles. The van der Waals surface area contributed by atoms with Crippen LogP contribution in [0, 0.1) is 6.92 Å². The van der Waals surface area contributed by atoms with E-state index in [0.717, 1.165) is 10.7 Å². The van der Waals surface area contributed by atoms with E-state index in [0.29, 0.717) is 0 Å². The molecule has 0 radical (unpaired) electrons. The first-order valence-corrected chi connectivity index (χ1v) is 4.24. The number of thiazole rings is 1. The molecule has 0 amide bonds. The van der Waals surface area contributed by atoms with Gasteiger partial charge in [-0.25, -0.2) is 8.19 Å². The zero-order valence-corrected chi connectivity index (χ0v) is 7.81. The second kappa shape index (κ2) is 3.26. The maximum Gasteiger partial charge on any atom is 0.135 e. The molecule has 0 unspecified atom stereocenters. The molecule has 1 aromatic heterocycles. The molecule has 0 saturated carbocycles. The van der Waals surface area contributed by atoms with Crippen LogP contribution < -0.4 is 0 Å². The Kier molecular flexibility index (Phi) is 2.59. The fraction of sp³-hybridized carbons (Fsp3) is 0.200. The highest BCUT2D eigenvalue weighted by Gasteiger charge is 1.91. The normalized spacial score (nSPS) is 10.9. The first-order chi connectivity index (χ1) is 4.33. The van der Waals surface area contributed by atoms with E-state index in [1.165, 1.54) is 0 Å². The molecule has 0 aromatic carbocycles. The van der Waals surface area contributed by atoms with Gasteiger partial charge in [-0.15, -0.1) is 11.3 Å². The summed E-state index contributed by atoms with van der Waals surface area (Å²) in [5.74, 6) is 0. The molecule has 0 atom stereocenters. The smallest absolute Gasteiger partial charge is 0.135 e. The van der Waals surface area contributed by atoms with E-state index < -0.39 is 0 Å². The van der Waals surface area contributed by atoms with Crippen molar-refractivity contribution < 1.29 is 0 Å². The van der Waals surface area contributed by atoms with Gasteiger partial charge in [0.05, 0.1) is 29.1 Å². The van der Waals surface area contributed by atoms with Gasteiger partial charge < -0.3 is 0 Å². The van der Waals surface area contributed by atoms with E-state index in [1.807, 2.05) is 35.2 Å². The third kappa shape index (κ3) is 2.02. The molecule has 0 aliphatic rings. The van der Waals surface area contributed by atoms with Crippen molar-refractivity contribution in [2.75, 3.05) is 0 Å². The Morgan fingerprint density at radius 3 is 3.11 bits per heavy atom. The molecule has 0 saturated heterocycles. The molecular weight excluding hydrogens is 247 g/mol. The van der Waals surface area contributed by atoms with Crippen LogP contribution in [0.25, 0.3) is 0 Å². The number of aromatic nitrogens is 1. The van der Waals surface area contributed by atoms with Crippen molar-refractivity contribution >= 4 is 40.4 Å². The Labute approximate surface area is 71.5 Å². The first kappa shape index (κ1) is 7.14. The number of hydrogen-bond donors (Lipinski definition) is 0. The van der Waals surface area contributed by atoms with Crippen LogP contribution in [0.4, 0.5) is 0 Å². The minimum absolute atomic E-state index is 0.974. The van der Waals surface area contributed by atoms with Crippen LogP contribution in [0.1, 0.15) is 10.7 Å². The van der Waals surface area contributed by atoms with E-state index in [2.05, 4.69) is 8.19 Å². The van der Waals surface area contributed by atoms with Crippen LogP contribution in [-0.4, -0.2) is 11.2 Å². The third-order valence-corrected chi connectivity index (χ3v) is 1.97. The van der Waals surface area contributed by atoms with Gasteiger partial charge in [0.15, 0.2) is 0 Å². The maximum atomic E-state index is 4.16. The molecule has 0 spiro atoms. The first-order valence-electron chi connectivity index (χ1n) is 2.39. The van der Waals surface area contributed by atoms with Crippen LogP contribution in [0.3, 0.4) is 0 Å². The van der Waals surface area contributed by atoms with Crippen molar-refractivity contribution in [3.05, 3.63) is 16.1 Å². The van der Waals surface area contributed by atoms with Gasteiger partial charge >= 0.3 is 0 Å². The number of hydrogen-bond acceptors (Lipinski definition) is 3. The average Bonchev–Trinajstić information content (AvgIpc) is 2.17. The summed E-state index contributed by atoms with van der Waals surface area (Å²) in [5, 5.41) is 2.98. The second-order valence-corrected chi connectivity index (χ2v) is 3.00. The average molecular weight is 252 g/mol. The predicted molar refractivity (Wildman–Crippen MR) is 48.5 cm³/mol. The van der Waals surface area contributed by atoms with Gasteiger partial charge in [0.1, 0.15) is 5.01 Å². The van der Waals surface area contributed by atoms with E-state index in [4.69, 9.17) is 0 Å². The minimum Gasteiger partial charge on any atom is -0.240 e. The highest BCUT2D eigenvalue weighted by atomic mass is 127. The zero-order chi connectivity index (χ0) is 6.69. The predicted octanol–water partition coefficient (Wildman–Crippen LogP) is 2.22. The lowest BCUT2D eigenvalue weighted by atomic mass is 10.6. The van der Waals surface area contributed by atoms with Crippen molar-refractivity contribution in [1.29, 1.82) is 0 Å². The molecule has 0 fully saturated rings. The molecule has 2 nitrogen and oxygen atoms in total. The Bertz CT molecular complexity index is 218. The van der Waals surface area contributed by atoms with Gasteiger partial charge in [-0.05, 0) is 6.92 Å². The molecule has 0 aliphatic heterocycles. The lowest BCUT2D eigenvalue weighted by Crippen LogP contribution is -1.75. The molecule has 9 heavy (non-hydrogen) atoms. The monoisotopic (exact) mass is 252 g/mol. The molecule has 0 N–H and O–H groups in total. The summed E-state index contributed by atoms with van der Waals surface area (Å²) < 4.78 is 3.81. The molecule has 1 heterocycles. The zero-order valence-electron chi connectivity index (χ0n) is 4.84. The lowest BCUT2D eigenvalue weighted by Gasteiger charge is -1.74. The Morgan fingerprint density at radius 1 is 1.89 bits per heavy atom. The fourth-order valence-corrected chi connectivity index (χ4v) is 1.58. The van der Waals surface area contributed by atoms with Gasteiger partial charge in [-0.2, -0.15) is 0 Å². The fourth-order valence-electron chi connectivity index (χ4n) is 0.473. The number of rotatable bonds is 1. The van der Waals surface area contributed by atoms with E-state index in [9.17, 15) is 0 Å². The van der Waals surface area contributed by atoms with Gasteiger partial charge in [-0.1, -0.05) is 0 Å². The maximum absolute atomic E-state index is 4.16. The summed E-state index contributed by atoms with van der Waals surface area (Å²) in [6.45, 7) is 1.97. The van der Waals surface area contributed by atoms with Crippen LogP contribution in [-0.2, 0) is 0 Å². The Morgan fingerprint density at radius 2 is 2.67 bits per heavy atom. The highest BCUT2D eigenvalue weighted by molar-refractivity contribution is 14.1. The van der Waals surface area contributed by atoms with Gasteiger partial charge in [-0.3, -0.25) is 0 Å². The lowest BCUT2D eigenvalue weighted by molar-refractivity contribution is 1.26. The summed E-state index contributed by atoms with van der Waals surface area (Å²) in [5.41, 5.74) is 1.06. The van der Waals surface area contributed by atoms with Crippen molar-refractivity contribution in [1.82, 2.24) is 4.98 Å². The van der Waals surface area contributed by atoms with E-state index in [1.54, 1.807) is 17.6 Å². The molecule has 4 heteroatoms. The van der Waals surface area contributed by atoms with Gasteiger partial charge in [0.2, 0.25) is 0 Å². The summed E-state index contributed by atoms with van der Waals surface area (Å²) in [6.07, 6.45) is 1.75. The molecular formula is C5H5IN2S. The molecule has 1 rings (SSSR count). The van der Waals surface area contributed by atoms with E-state index in [-0.39, 0.29) is 0 Å². The summed E-state index contributed by atoms with van der Waals surface area (Å²) in [6, 6.07) is 0. The summed E-state index contributed by atoms with van der Waals surface area (Å²) in [4.78, 5) is 4.16.